The van der Waals surface area contributed by atoms with Gasteiger partial charge in [0.05, 0.1) is 0 Å². The second kappa shape index (κ2) is 7.93. The highest BCUT2D eigenvalue weighted by Crippen LogP contribution is 2.22. The highest BCUT2D eigenvalue weighted by molar-refractivity contribution is 5.88. The summed E-state index contributed by atoms with van der Waals surface area (Å²) in [5.41, 5.74) is 2.19. The second-order valence-corrected chi connectivity index (χ2v) is 7.13. The second-order valence-electron chi connectivity index (χ2n) is 7.13. The van der Waals surface area contributed by atoms with E-state index in [0.29, 0.717) is 0 Å². The molecule has 2 heterocycles. The quantitative estimate of drug-likeness (QED) is 0.907. The minimum atomic E-state index is -0.00934. The number of benzene rings is 1. The van der Waals surface area contributed by atoms with Gasteiger partial charge in [-0.15, -0.1) is 0 Å². The summed E-state index contributed by atoms with van der Waals surface area (Å²) in [4.78, 5) is 16.4. The van der Waals surface area contributed by atoms with Crippen molar-refractivity contribution in [1.82, 2.24) is 9.80 Å². The smallest absolute Gasteiger partial charge is 0.221 e. The zero-order valence-electron chi connectivity index (χ0n) is 14.3. The van der Waals surface area contributed by atoms with Crippen molar-refractivity contribution in [1.29, 1.82) is 0 Å². The van der Waals surface area contributed by atoms with E-state index in [-0.39, 0.29) is 5.91 Å². The van der Waals surface area contributed by atoms with Crippen molar-refractivity contribution < 1.29 is 4.79 Å². The van der Waals surface area contributed by atoms with Crippen LogP contribution in [0.2, 0.25) is 0 Å². The molecule has 0 aromatic heterocycles. The fraction of sp³-hybridized carbons (Fsp3) is 0.632. The van der Waals surface area contributed by atoms with Gasteiger partial charge in [-0.05, 0) is 62.5 Å². The van der Waals surface area contributed by atoms with E-state index in [2.05, 4.69) is 27.2 Å². The predicted octanol–water partition coefficient (Wildman–Crippen LogP) is 2.95. The molecule has 4 nitrogen and oxygen atoms in total. The molecule has 23 heavy (non-hydrogen) atoms. The van der Waals surface area contributed by atoms with Crippen molar-refractivity contribution in [3.8, 4) is 0 Å². The number of amides is 1. The predicted molar refractivity (Wildman–Crippen MR) is 94.4 cm³/mol. The van der Waals surface area contributed by atoms with Crippen LogP contribution in [0.15, 0.2) is 24.3 Å². The third-order valence-corrected chi connectivity index (χ3v) is 4.99. The Hall–Kier alpha value is -1.39. The molecule has 126 valence electrons. The molecule has 0 radical (unpaired) electrons. The molecule has 4 heteroatoms. The number of nitrogens with one attached hydrogen (secondary N) is 1. The number of anilines is 1. The normalized spacial score (nSPS) is 23.1. The maximum absolute atomic E-state index is 11.2. The van der Waals surface area contributed by atoms with Crippen molar-refractivity contribution >= 4 is 11.6 Å². The Morgan fingerprint density at radius 2 is 2.00 bits per heavy atom. The van der Waals surface area contributed by atoms with E-state index in [4.69, 9.17) is 0 Å². The first-order valence-electron chi connectivity index (χ1n) is 9.00. The number of piperidine rings is 1. The molecule has 0 saturated carbocycles. The van der Waals surface area contributed by atoms with Crippen molar-refractivity contribution in [2.75, 3.05) is 38.0 Å². The van der Waals surface area contributed by atoms with Gasteiger partial charge in [0.1, 0.15) is 0 Å². The van der Waals surface area contributed by atoms with Crippen LogP contribution < -0.4 is 5.32 Å². The van der Waals surface area contributed by atoms with Crippen LogP contribution in [0.4, 0.5) is 5.69 Å². The van der Waals surface area contributed by atoms with Gasteiger partial charge in [-0.1, -0.05) is 18.6 Å². The largest absolute Gasteiger partial charge is 0.326 e. The molecule has 1 amide bonds. The maximum atomic E-state index is 11.2. The molecule has 2 saturated heterocycles. The summed E-state index contributed by atoms with van der Waals surface area (Å²) in [6, 6.07) is 8.23. The number of carbonyl (C=O) groups is 1. The zero-order chi connectivity index (χ0) is 16.1. The van der Waals surface area contributed by atoms with E-state index in [1.165, 1.54) is 64.0 Å². The SMILES string of the molecule is CC(=O)Nc1cccc(CN2CC[C@@H](CN3CCCCC3)C2)c1. The average molecular weight is 315 g/mol. The number of carbonyl (C=O) groups excluding carboxylic acids is 1. The van der Waals surface area contributed by atoms with Crippen molar-refractivity contribution in [3.05, 3.63) is 29.8 Å². The molecule has 1 N–H and O–H groups in total. The van der Waals surface area contributed by atoms with Gasteiger partial charge in [0.2, 0.25) is 5.91 Å². The van der Waals surface area contributed by atoms with Crippen LogP contribution in [0.5, 0.6) is 0 Å². The molecule has 0 spiro atoms. The van der Waals surface area contributed by atoms with E-state index < -0.39 is 0 Å². The standard InChI is InChI=1S/C19H29N3O/c1-16(23)20-19-7-5-6-17(12-19)13-22-11-8-18(15-22)14-21-9-3-2-4-10-21/h5-7,12,18H,2-4,8-11,13-15H2,1H3,(H,20,23)/t18-/m0/s1. The van der Waals surface area contributed by atoms with Crippen LogP contribution in [0, 0.1) is 5.92 Å². The summed E-state index contributed by atoms with van der Waals surface area (Å²) in [7, 11) is 0. The molecule has 0 unspecified atom stereocenters. The Bertz CT molecular complexity index is 525. The molecule has 2 aliphatic rings. The van der Waals surface area contributed by atoms with Gasteiger partial charge >= 0.3 is 0 Å². The summed E-state index contributed by atoms with van der Waals surface area (Å²) in [6.45, 7) is 8.83. The minimum Gasteiger partial charge on any atom is -0.326 e. The van der Waals surface area contributed by atoms with E-state index >= 15 is 0 Å². The van der Waals surface area contributed by atoms with E-state index in [9.17, 15) is 4.79 Å². The van der Waals surface area contributed by atoms with Crippen LogP contribution in [0.25, 0.3) is 0 Å². The van der Waals surface area contributed by atoms with Crippen LogP contribution in [0.3, 0.4) is 0 Å². The fourth-order valence-corrected chi connectivity index (χ4v) is 3.92. The van der Waals surface area contributed by atoms with Crippen LogP contribution >= 0.6 is 0 Å². The Morgan fingerprint density at radius 1 is 1.17 bits per heavy atom. The Kier molecular flexibility index (Phi) is 5.68. The number of nitrogens with zero attached hydrogens (tertiary/aromatic N) is 2. The monoisotopic (exact) mass is 315 g/mol. The first kappa shape index (κ1) is 16.5. The Morgan fingerprint density at radius 3 is 2.78 bits per heavy atom. The average Bonchev–Trinajstić information content (AvgIpc) is 2.95. The van der Waals surface area contributed by atoms with Crippen LogP contribution in [0.1, 0.15) is 38.2 Å². The first-order valence-corrected chi connectivity index (χ1v) is 9.00. The van der Waals surface area contributed by atoms with E-state index in [0.717, 1.165) is 18.2 Å². The summed E-state index contributed by atoms with van der Waals surface area (Å²) < 4.78 is 0. The van der Waals surface area contributed by atoms with Gasteiger partial charge in [0.25, 0.3) is 0 Å². The fourth-order valence-electron chi connectivity index (χ4n) is 3.92. The lowest BCUT2D eigenvalue weighted by Crippen LogP contribution is -2.35. The van der Waals surface area contributed by atoms with Crippen molar-refractivity contribution in [2.24, 2.45) is 5.92 Å². The van der Waals surface area contributed by atoms with E-state index in [1.54, 1.807) is 6.92 Å². The lowest BCUT2D eigenvalue weighted by molar-refractivity contribution is -0.114. The maximum Gasteiger partial charge on any atom is 0.221 e. The first-order chi connectivity index (χ1) is 11.2. The molecule has 1 atom stereocenters. The third-order valence-electron chi connectivity index (χ3n) is 4.99. The summed E-state index contributed by atoms with van der Waals surface area (Å²) in [5, 5.41) is 2.87. The Labute approximate surface area is 139 Å². The van der Waals surface area contributed by atoms with Crippen LogP contribution in [-0.2, 0) is 11.3 Å². The van der Waals surface area contributed by atoms with Gasteiger partial charge < -0.3 is 10.2 Å². The van der Waals surface area contributed by atoms with Gasteiger partial charge in [-0.2, -0.15) is 0 Å². The van der Waals surface area contributed by atoms with E-state index in [1.807, 2.05) is 12.1 Å². The Balaban J connectivity index is 1.48. The lowest BCUT2D eigenvalue weighted by Gasteiger charge is -2.29. The number of hydrogen-bond donors (Lipinski definition) is 1. The number of hydrogen-bond acceptors (Lipinski definition) is 3. The summed E-state index contributed by atoms with van der Waals surface area (Å²) in [6.07, 6.45) is 5.50. The topological polar surface area (TPSA) is 35.6 Å². The number of rotatable bonds is 5. The van der Waals surface area contributed by atoms with Crippen molar-refractivity contribution in [2.45, 2.75) is 39.2 Å². The molecule has 0 bridgehead atoms. The molecular weight excluding hydrogens is 286 g/mol. The van der Waals surface area contributed by atoms with Gasteiger partial charge in [-0.3, -0.25) is 9.69 Å². The van der Waals surface area contributed by atoms with Gasteiger partial charge in [-0.25, -0.2) is 0 Å². The van der Waals surface area contributed by atoms with Gasteiger partial charge in [0, 0.05) is 32.2 Å². The molecule has 3 rings (SSSR count). The zero-order valence-corrected chi connectivity index (χ0v) is 14.3. The summed E-state index contributed by atoms with van der Waals surface area (Å²) in [5.74, 6) is 0.816. The lowest BCUT2D eigenvalue weighted by atomic mass is 10.1. The number of likely N-dealkylation sites (tertiary alicyclic amines) is 2. The molecule has 1 aromatic carbocycles. The highest BCUT2D eigenvalue weighted by Gasteiger charge is 2.25. The summed E-state index contributed by atoms with van der Waals surface area (Å²) >= 11 is 0. The van der Waals surface area contributed by atoms with Crippen LogP contribution in [-0.4, -0.2) is 48.4 Å². The molecular formula is C19H29N3O. The highest BCUT2D eigenvalue weighted by atomic mass is 16.1. The molecule has 1 aromatic rings. The molecule has 0 aliphatic carbocycles. The third kappa shape index (κ3) is 5.05. The molecule has 2 aliphatic heterocycles. The van der Waals surface area contributed by atoms with Gasteiger partial charge in [0.15, 0.2) is 0 Å². The van der Waals surface area contributed by atoms with Crippen molar-refractivity contribution in [3.63, 3.8) is 0 Å². The minimum absolute atomic E-state index is 0.00934. The molecule has 2 fully saturated rings.